The highest BCUT2D eigenvalue weighted by molar-refractivity contribution is 7.92. The quantitative estimate of drug-likeness (QED) is 0.469. The van der Waals surface area contributed by atoms with Crippen LogP contribution in [-0.4, -0.2) is 29.3 Å². The number of carbonyl (C=O) groups excluding carboxylic acids is 1. The van der Waals surface area contributed by atoms with Crippen LogP contribution in [0, 0.1) is 0 Å². The van der Waals surface area contributed by atoms with Crippen molar-refractivity contribution in [2.24, 2.45) is 5.14 Å². The van der Waals surface area contributed by atoms with Gasteiger partial charge < -0.3 is 10.1 Å². The molecule has 0 aromatic heterocycles. The maximum Gasteiger partial charge on any atom is 0.262 e. The molecule has 3 aromatic carbocycles. The maximum absolute atomic E-state index is 12.5. The largest absolute Gasteiger partial charge is 0.482 e. The second-order valence-electron chi connectivity index (χ2n) is 6.32. The standard InChI is InChI=1S/C20H19N3O6S2/c21-30(25,26)16-12-10-15(11-13-16)22-20(24)14-29-19-9-5-4-8-18(19)23-31(27,28)17-6-2-1-3-7-17/h1-13,23H,14H2,(H,22,24)(H2,21,25,26). The fourth-order valence-corrected chi connectivity index (χ4v) is 4.16. The predicted octanol–water partition coefficient (Wildman–Crippen LogP) is 2.15. The number of anilines is 2. The zero-order valence-electron chi connectivity index (χ0n) is 16.1. The topological polar surface area (TPSA) is 145 Å². The Morgan fingerprint density at radius 3 is 2.06 bits per heavy atom. The Labute approximate surface area is 180 Å². The van der Waals surface area contributed by atoms with Crippen LogP contribution in [0.3, 0.4) is 0 Å². The Bertz CT molecular complexity index is 1280. The van der Waals surface area contributed by atoms with Gasteiger partial charge in [-0.3, -0.25) is 9.52 Å². The number of nitrogens with two attached hydrogens (primary N) is 1. The van der Waals surface area contributed by atoms with Crippen LogP contribution >= 0.6 is 0 Å². The number of primary sulfonamides is 1. The predicted molar refractivity (Wildman–Crippen MR) is 116 cm³/mol. The summed E-state index contributed by atoms with van der Waals surface area (Å²) >= 11 is 0. The molecule has 0 aliphatic carbocycles. The van der Waals surface area contributed by atoms with Gasteiger partial charge in [0.25, 0.3) is 15.9 Å². The number of benzene rings is 3. The SMILES string of the molecule is NS(=O)(=O)c1ccc(NC(=O)COc2ccccc2NS(=O)(=O)c2ccccc2)cc1. The number of carbonyl (C=O) groups is 1. The Balaban J connectivity index is 1.65. The molecular weight excluding hydrogens is 442 g/mol. The minimum atomic E-state index is -3.83. The van der Waals surface area contributed by atoms with Crippen molar-refractivity contribution in [2.75, 3.05) is 16.6 Å². The van der Waals surface area contributed by atoms with Gasteiger partial charge in [-0.25, -0.2) is 22.0 Å². The van der Waals surface area contributed by atoms with E-state index < -0.39 is 32.6 Å². The highest BCUT2D eigenvalue weighted by atomic mass is 32.2. The molecule has 0 aliphatic heterocycles. The zero-order valence-corrected chi connectivity index (χ0v) is 17.7. The van der Waals surface area contributed by atoms with Crippen LogP contribution in [0.15, 0.2) is 88.7 Å². The number of hydrogen-bond acceptors (Lipinski definition) is 6. The third kappa shape index (κ3) is 6.04. The number of para-hydroxylation sites is 2. The van der Waals surface area contributed by atoms with E-state index in [9.17, 15) is 21.6 Å². The monoisotopic (exact) mass is 461 g/mol. The van der Waals surface area contributed by atoms with Crippen molar-refractivity contribution in [1.29, 1.82) is 0 Å². The van der Waals surface area contributed by atoms with Crippen LogP contribution in [0.1, 0.15) is 0 Å². The molecule has 0 fully saturated rings. The molecule has 0 unspecified atom stereocenters. The van der Waals surface area contributed by atoms with E-state index in [1.807, 2.05) is 0 Å². The van der Waals surface area contributed by atoms with E-state index in [0.29, 0.717) is 5.69 Å². The number of ether oxygens (including phenoxy) is 1. The highest BCUT2D eigenvalue weighted by Gasteiger charge is 2.16. The van der Waals surface area contributed by atoms with Gasteiger partial charge in [0, 0.05) is 5.69 Å². The van der Waals surface area contributed by atoms with Crippen molar-refractivity contribution in [3.8, 4) is 5.75 Å². The molecule has 0 saturated carbocycles. The molecule has 0 bridgehead atoms. The lowest BCUT2D eigenvalue weighted by Gasteiger charge is -2.13. The molecule has 11 heteroatoms. The van der Waals surface area contributed by atoms with Crippen molar-refractivity contribution >= 4 is 37.3 Å². The fourth-order valence-electron chi connectivity index (χ4n) is 2.55. The zero-order chi connectivity index (χ0) is 22.5. The van der Waals surface area contributed by atoms with Crippen LogP contribution in [0.2, 0.25) is 0 Å². The van der Waals surface area contributed by atoms with Crippen molar-refractivity contribution < 1.29 is 26.4 Å². The first-order chi connectivity index (χ1) is 14.6. The number of hydrogen-bond donors (Lipinski definition) is 3. The number of amides is 1. The molecule has 162 valence electrons. The summed E-state index contributed by atoms with van der Waals surface area (Å²) in [6.07, 6.45) is 0. The average molecular weight is 462 g/mol. The van der Waals surface area contributed by atoms with Crippen LogP contribution in [0.25, 0.3) is 0 Å². The van der Waals surface area contributed by atoms with Crippen LogP contribution < -0.4 is 19.9 Å². The van der Waals surface area contributed by atoms with Crippen LogP contribution in [0.4, 0.5) is 11.4 Å². The van der Waals surface area contributed by atoms with Gasteiger partial charge in [-0.1, -0.05) is 30.3 Å². The smallest absolute Gasteiger partial charge is 0.262 e. The Hall–Kier alpha value is -3.41. The van der Waals surface area contributed by atoms with Gasteiger partial charge in [-0.15, -0.1) is 0 Å². The van der Waals surface area contributed by atoms with Crippen molar-refractivity contribution in [1.82, 2.24) is 0 Å². The molecule has 0 spiro atoms. The van der Waals surface area contributed by atoms with E-state index >= 15 is 0 Å². The third-order valence-electron chi connectivity index (χ3n) is 4.01. The van der Waals surface area contributed by atoms with E-state index in [4.69, 9.17) is 9.88 Å². The summed E-state index contributed by atoms with van der Waals surface area (Å²) in [6, 6.07) is 19.4. The summed E-state index contributed by atoms with van der Waals surface area (Å²) < 4.78 is 55.5. The van der Waals surface area contributed by atoms with Gasteiger partial charge in [0.05, 0.1) is 15.5 Å². The van der Waals surface area contributed by atoms with Gasteiger partial charge >= 0.3 is 0 Å². The van der Waals surface area contributed by atoms with Gasteiger partial charge in [-0.2, -0.15) is 0 Å². The molecule has 0 saturated heterocycles. The van der Waals surface area contributed by atoms with Gasteiger partial charge in [0.1, 0.15) is 5.75 Å². The summed E-state index contributed by atoms with van der Waals surface area (Å²) in [5.74, 6) is -0.356. The normalized spacial score (nSPS) is 11.5. The van der Waals surface area contributed by atoms with Crippen LogP contribution in [-0.2, 0) is 24.8 Å². The van der Waals surface area contributed by atoms with Gasteiger partial charge in [0.15, 0.2) is 6.61 Å². The Morgan fingerprint density at radius 1 is 0.806 bits per heavy atom. The summed E-state index contributed by atoms with van der Waals surface area (Å²) in [5.41, 5.74) is 0.524. The Morgan fingerprint density at radius 2 is 1.42 bits per heavy atom. The molecule has 3 rings (SSSR count). The molecule has 0 aliphatic rings. The number of sulfonamides is 2. The molecule has 9 nitrogen and oxygen atoms in total. The van der Waals surface area contributed by atoms with E-state index in [1.54, 1.807) is 30.3 Å². The minimum absolute atomic E-state index is 0.0821. The minimum Gasteiger partial charge on any atom is -0.482 e. The highest BCUT2D eigenvalue weighted by Crippen LogP contribution is 2.26. The molecule has 4 N–H and O–H groups in total. The summed E-state index contributed by atoms with van der Waals surface area (Å²) in [7, 11) is -7.66. The van der Waals surface area contributed by atoms with Crippen molar-refractivity contribution in [3.05, 3.63) is 78.9 Å². The lowest BCUT2D eigenvalue weighted by atomic mass is 10.3. The summed E-state index contributed by atoms with van der Waals surface area (Å²) in [6.45, 7) is -0.402. The van der Waals surface area contributed by atoms with Crippen LogP contribution in [0.5, 0.6) is 5.75 Å². The van der Waals surface area contributed by atoms with Crippen molar-refractivity contribution in [2.45, 2.75) is 9.79 Å². The lowest BCUT2D eigenvalue weighted by molar-refractivity contribution is -0.118. The number of rotatable bonds is 8. The summed E-state index contributed by atoms with van der Waals surface area (Å²) in [4.78, 5) is 12.2. The molecule has 0 heterocycles. The molecule has 0 radical (unpaired) electrons. The number of nitrogens with one attached hydrogen (secondary N) is 2. The molecular formula is C20H19N3O6S2. The molecule has 3 aromatic rings. The summed E-state index contributed by atoms with van der Waals surface area (Å²) in [5, 5.41) is 7.58. The maximum atomic E-state index is 12.5. The first-order valence-electron chi connectivity index (χ1n) is 8.87. The molecule has 0 atom stereocenters. The van der Waals surface area contributed by atoms with Crippen molar-refractivity contribution in [3.63, 3.8) is 0 Å². The van der Waals surface area contributed by atoms with E-state index in [2.05, 4.69) is 10.0 Å². The first kappa shape index (κ1) is 22.3. The Kier molecular flexibility index (Phi) is 6.59. The molecule has 1 amide bonds. The van der Waals surface area contributed by atoms with E-state index in [1.165, 1.54) is 48.5 Å². The average Bonchev–Trinajstić information content (AvgIpc) is 2.73. The fraction of sp³-hybridized carbons (Fsp3) is 0.0500. The second kappa shape index (κ2) is 9.16. The van der Waals surface area contributed by atoms with E-state index in [-0.39, 0.29) is 21.2 Å². The second-order valence-corrected chi connectivity index (χ2v) is 9.56. The van der Waals surface area contributed by atoms with Gasteiger partial charge in [-0.05, 0) is 48.5 Å². The van der Waals surface area contributed by atoms with Gasteiger partial charge in [0.2, 0.25) is 10.0 Å². The van der Waals surface area contributed by atoms with E-state index in [0.717, 1.165) is 0 Å². The first-order valence-corrected chi connectivity index (χ1v) is 11.9. The lowest BCUT2D eigenvalue weighted by Crippen LogP contribution is -2.21. The molecule has 31 heavy (non-hydrogen) atoms. The third-order valence-corrected chi connectivity index (χ3v) is 6.32.